The molecule has 0 spiro atoms. The molecule has 0 amide bonds. The van der Waals surface area contributed by atoms with Crippen LogP contribution in [0, 0.1) is 12.7 Å². The molecule has 2 nitrogen and oxygen atoms in total. The molecule has 1 atom stereocenters. The lowest BCUT2D eigenvalue weighted by atomic mass is 10.0. The van der Waals surface area contributed by atoms with Gasteiger partial charge in [-0.2, -0.15) is 0 Å². The van der Waals surface area contributed by atoms with Crippen molar-refractivity contribution in [2.45, 2.75) is 13.0 Å². The van der Waals surface area contributed by atoms with Gasteiger partial charge in [0, 0.05) is 5.56 Å². The van der Waals surface area contributed by atoms with E-state index in [4.69, 9.17) is 5.73 Å². The van der Waals surface area contributed by atoms with Crippen molar-refractivity contribution in [1.29, 1.82) is 0 Å². The molecule has 0 aromatic heterocycles. The normalized spacial score (nSPS) is 12.9. The molecule has 0 saturated carbocycles. The minimum Gasteiger partial charge on any atom is -0.505 e. The number of hydrogen-bond donors (Lipinski definition) is 2. The van der Waals surface area contributed by atoms with Crippen LogP contribution in [-0.4, -0.2) is 11.8 Å². The molecule has 1 aromatic carbocycles. The zero-order valence-electron chi connectivity index (χ0n) is 7.22. The van der Waals surface area contributed by atoms with Gasteiger partial charge in [0.1, 0.15) is 6.67 Å². The third kappa shape index (κ3) is 1.78. The topological polar surface area (TPSA) is 46.2 Å². The third-order valence-corrected chi connectivity index (χ3v) is 1.91. The predicted octanol–water partition coefficient (Wildman–Crippen LogP) is 1.81. The van der Waals surface area contributed by atoms with Gasteiger partial charge in [0.25, 0.3) is 0 Å². The molecule has 13 heavy (non-hydrogen) atoms. The van der Waals surface area contributed by atoms with Crippen molar-refractivity contribution in [2.75, 3.05) is 6.67 Å². The highest BCUT2D eigenvalue weighted by molar-refractivity contribution is 5.39. The van der Waals surface area contributed by atoms with Gasteiger partial charge in [-0.25, -0.2) is 8.78 Å². The van der Waals surface area contributed by atoms with Crippen LogP contribution in [0.1, 0.15) is 17.2 Å². The first-order chi connectivity index (χ1) is 6.07. The molecular formula is C9H11F2NO. The summed E-state index contributed by atoms with van der Waals surface area (Å²) in [5.74, 6) is -1.29. The van der Waals surface area contributed by atoms with Crippen LogP contribution in [0.15, 0.2) is 12.1 Å². The van der Waals surface area contributed by atoms with Gasteiger partial charge in [0.15, 0.2) is 11.6 Å². The van der Waals surface area contributed by atoms with Crippen LogP contribution in [0.5, 0.6) is 5.75 Å². The monoisotopic (exact) mass is 187 g/mol. The van der Waals surface area contributed by atoms with Gasteiger partial charge in [-0.1, -0.05) is 12.1 Å². The fourth-order valence-electron chi connectivity index (χ4n) is 1.06. The van der Waals surface area contributed by atoms with Crippen LogP contribution in [0.3, 0.4) is 0 Å². The molecule has 0 radical (unpaired) electrons. The van der Waals surface area contributed by atoms with Crippen LogP contribution >= 0.6 is 0 Å². The Kier molecular flexibility index (Phi) is 2.83. The minimum absolute atomic E-state index is 0.102. The van der Waals surface area contributed by atoms with Gasteiger partial charge in [-0.05, 0) is 12.5 Å². The van der Waals surface area contributed by atoms with Crippen molar-refractivity contribution in [1.82, 2.24) is 0 Å². The van der Waals surface area contributed by atoms with E-state index in [0.717, 1.165) is 0 Å². The molecule has 0 fully saturated rings. The number of hydrogen-bond acceptors (Lipinski definition) is 2. The van der Waals surface area contributed by atoms with Gasteiger partial charge >= 0.3 is 0 Å². The van der Waals surface area contributed by atoms with Crippen molar-refractivity contribution in [3.63, 3.8) is 0 Å². The second-order valence-electron chi connectivity index (χ2n) is 2.90. The van der Waals surface area contributed by atoms with E-state index < -0.39 is 24.3 Å². The highest BCUT2D eigenvalue weighted by atomic mass is 19.1. The molecule has 0 unspecified atom stereocenters. The Balaban J connectivity index is 3.18. The predicted molar refractivity (Wildman–Crippen MR) is 45.7 cm³/mol. The summed E-state index contributed by atoms with van der Waals surface area (Å²) >= 11 is 0. The first kappa shape index (κ1) is 9.92. The Morgan fingerprint density at radius 2 is 2.15 bits per heavy atom. The van der Waals surface area contributed by atoms with Crippen LogP contribution in [0.25, 0.3) is 0 Å². The van der Waals surface area contributed by atoms with E-state index in [9.17, 15) is 13.9 Å². The smallest absolute Gasteiger partial charge is 0.168 e. The molecule has 4 heteroatoms. The van der Waals surface area contributed by atoms with Crippen molar-refractivity contribution >= 4 is 0 Å². The van der Waals surface area contributed by atoms with E-state index in [-0.39, 0.29) is 5.56 Å². The Bertz CT molecular complexity index is 315. The Morgan fingerprint density at radius 3 is 2.69 bits per heavy atom. The molecule has 0 saturated heterocycles. The number of aromatic hydroxyl groups is 1. The van der Waals surface area contributed by atoms with E-state index in [1.165, 1.54) is 19.1 Å². The summed E-state index contributed by atoms with van der Waals surface area (Å²) in [7, 11) is 0. The van der Waals surface area contributed by atoms with Crippen molar-refractivity contribution in [3.05, 3.63) is 29.1 Å². The molecule has 0 bridgehead atoms. The minimum atomic E-state index is -0.963. The molecule has 0 heterocycles. The lowest BCUT2D eigenvalue weighted by Gasteiger charge is -2.11. The molecular weight excluding hydrogens is 176 g/mol. The molecule has 0 aliphatic carbocycles. The standard InChI is InChI=1S/C9H11F2NO/c1-5-2-3-6(7(12)4-10)9(13)8(5)11/h2-3,7,13H,4,12H2,1H3/t7-/m1/s1. The SMILES string of the molecule is Cc1ccc([C@H](N)CF)c(O)c1F. The Labute approximate surface area is 75.0 Å². The average Bonchev–Trinajstić information content (AvgIpc) is 2.13. The second kappa shape index (κ2) is 3.70. The van der Waals surface area contributed by atoms with Crippen molar-refractivity contribution in [3.8, 4) is 5.75 Å². The van der Waals surface area contributed by atoms with E-state index in [0.29, 0.717) is 5.56 Å². The lowest BCUT2D eigenvalue weighted by Crippen LogP contribution is -2.12. The summed E-state index contributed by atoms with van der Waals surface area (Å²) in [5, 5.41) is 9.26. The zero-order valence-corrected chi connectivity index (χ0v) is 7.22. The zero-order chi connectivity index (χ0) is 10.0. The Hall–Kier alpha value is -1.16. The van der Waals surface area contributed by atoms with Crippen molar-refractivity contribution < 1.29 is 13.9 Å². The molecule has 3 N–H and O–H groups in total. The average molecular weight is 187 g/mol. The maximum Gasteiger partial charge on any atom is 0.168 e. The van der Waals surface area contributed by atoms with E-state index in [1.807, 2.05) is 0 Å². The van der Waals surface area contributed by atoms with Crippen molar-refractivity contribution in [2.24, 2.45) is 5.73 Å². The molecule has 1 aromatic rings. The van der Waals surface area contributed by atoms with E-state index >= 15 is 0 Å². The maximum absolute atomic E-state index is 13.1. The summed E-state index contributed by atoms with van der Waals surface area (Å²) in [6.07, 6.45) is 0. The van der Waals surface area contributed by atoms with E-state index in [1.54, 1.807) is 0 Å². The number of aryl methyl sites for hydroxylation is 1. The first-order valence-electron chi connectivity index (χ1n) is 3.87. The highest BCUT2D eigenvalue weighted by Gasteiger charge is 2.15. The third-order valence-electron chi connectivity index (χ3n) is 1.91. The van der Waals surface area contributed by atoms with Crippen LogP contribution in [0.2, 0.25) is 0 Å². The first-order valence-corrected chi connectivity index (χ1v) is 3.87. The van der Waals surface area contributed by atoms with Gasteiger partial charge in [-0.3, -0.25) is 0 Å². The number of benzene rings is 1. The highest BCUT2D eigenvalue weighted by Crippen LogP contribution is 2.27. The summed E-state index contributed by atoms with van der Waals surface area (Å²) < 4.78 is 25.2. The quantitative estimate of drug-likeness (QED) is 0.741. The second-order valence-corrected chi connectivity index (χ2v) is 2.90. The van der Waals surface area contributed by atoms with Crippen LogP contribution in [0.4, 0.5) is 8.78 Å². The fourth-order valence-corrected chi connectivity index (χ4v) is 1.06. The number of nitrogens with two attached hydrogens (primary N) is 1. The summed E-state index contributed by atoms with van der Waals surface area (Å²) in [4.78, 5) is 0. The van der Waals surface area contributed by atoms with Gasteiger partial charge < -0.3 is 10.8 Å². The molecule has 0 aliphatic rings. The lowest BCUT2D eigenvalue weighted by molar-refractivity contribution is 0.395. The number of phenols is 1. The van der Waals surface area contributed by atoms with Gasteiger partial charge in [0.2, 0.25) is 0 Å². The van der Waals surface area contributed by atoms with Gasteiger partial charge in [-0.15, -0.1) is 0 Å². The van der Waals surface area contributed by atoms with E-state index in [2.05, 4.69) is 0 Å². The molecule has 72 valence electrons. The Morgan fingerprint density at radius 1 is 1.54 bits per heavy atom. The number of phenolic OH excluding ortho intramolecular Hbond substituents is 1. The number of rotatable bonds is 2. The van der Waals surface area contributed by atoms with Crippen LogP contribution < -0.4 is 5.73 Å². The molecule has 0 aliphatic heterocycles. The summed E-state index contributed by atoms with van der Waals surface area (Å²) in [5.41, 5.74) is 5.73. The number of halogens is 2. The summed E-state index contributed by atoms with van der Waals surface area (Å²) in [6.45, 7) is 0.690. The largest absolute Gasteiger partial charge is 0.505 e. The summed E-state index contributed by atoms with van der Waals surface area (Å²) in [6, 6.07) is 1.92. The fraction of sp³-hybridized carbons (Fsp3) is 0.333. The molecule has 1 rings (SSSR count). The van der Waals surface area contributed by atoms with Gasteiger partial charge in [0.05, 0.1) is 6.04 Å². The van der Waals surface area contributed by atoms with Crippen LogP contribution in [-0.2, 0) is 0 Å². The number of alkyl halides is 1. The maximum atomic E-state index is 13.1.